The molecular formula is C17H27N3O2. The van der Waals surface area contributed by atoms with Crippen LogP contribution in [0, 0.1) is 0 Å². The van der Waals surface area contributed by atoms with Gasteiger partial charge in [-0.3, -0.25) is 9.69 Å². The van der Waals surface area contributed by atoms with Crippen molar-refractivity contribution in [1.82, 2.24) is 10.2 Å². The van der Waals surface area contributed by atoms with E-state index in [1.54, 1.807) is 24.3 Å². The first-order valence-corrected chi connectivity index (χ1v) is 8.14. The summed E-state index contributed by atoms with van der Waals surface area (Å²) in [6.45, 7) is 7.65. The molecule has 5 heteroatoms. The third-order valence-electron chi connectivity index (χ3n) is 4.07. The van der Waals surface area contributed by atoms with E-state index in [0.29, 0.717) is 5.69 Å². The number of ketones is 1. The maximum absolute atomic E-state index is 12.5. The summed E-state index contributed by atoms with van der Waals surface area (Å²) in [5.74, 6) is 0.147. The predicted molar refractivity (Wildman–Crippen MR) is 89.1 cm³/mol. The summed E-state index contributed by atoms with van der Waals surface area (Å²) in [5.41, 5.74) is 7.07. The molecule has 1 aromatic rings. The van der Waals surface area contributed by atoms with Crippen LogP contribution < -0.4 is 11.1 Å². The molecule has 1 aliphatic heterocycles. The van der Waals surface area contributed by atoms with Crippen molar-refractivity contribution in [1.29, 1.82) is 0 Å². The standard InChI is InChI=1S/C17H27N3O2/c1-2-16(17(21)14-4-6-15(18)7-5-14)19-8-3-9-20-10-12-22-13-11-20/h4-7,16,19H,2-3,8-13,18H2,1H3. The van der Waals surface area contributed by atoms with Gasteiger partial charge in [0.2, 0.25) is 0 Å². The fourth-order valence-electron chi connectivity index (χ4n) is 2.67. The number of carbonyl (C=O) groups excluding carboxylic acids is 1. The van der Waals surface area contributed by atoms with Crippen molar-refractivity contribution in [2.24, 2.45) is 0 Å². The molecule has 0 saturated carbocycles. The minimum Gasteiger partial charge on any atom is -0.399 e. The molecule has 1 fully saturated rings. The average molecular weight is 305 g/mol. The van der Waals surface area contributed by atoms with E-state index in [1.165, 1.54) is 0 Å². The van der Waals surface area contributed by atoms with Crippen molar-refractivity contribution >= 4 is 11.5 Å². The molecule has 2 rings (SSSR count). The first-order chi connectivity index (χ1) is 10.7. The summed E-state index contributed by atoms with van der Waals surface area (Å²) in [4.78, 5) is 14.9. The van der Waals surface area contributed by atoms with Gasteiger partial charge >= 0.3 is 0 Å². The second-order valence-electron chi connectivity index (χ2n) is 5.71. The highest BCUT2D eigenvalue weighted by molar-refractivity contribution is 6.00. The van der Waals surface area contributed by atoms with E-state index in [4.69, 9.17) is 10.5 Å². The van der Waals surface area contributed by atoms with E-state index < -0.39 is 0 Å². The van der Waals surface area contributed by atoms with Gasteiger partial charge in [-0.15, -0.1) is 0 Å². The highest BCUT2D eigenvalue weighted by Crippen LogP contribution is 2.10. The van der Waals surface area contributed by atoms with Gasteiger partial charge in [-0.25, -0.2) is 0 Å². The van der Waals surface area contributed by atoms with E-state index >= 15 is 0 Å². The Kier molecular flexibility index (Phi) is 6.83. The number of hydrogen-bond donors (Lipinski definition) is 2. The molecule has 0 spiro atoms. The van der Waals surface area contributed by atoms with Crippen LogP contribution >= 0.6 is 0 Å². The zero-order valence-electron chi connectivity index (χ0n) is 13.4. The largest absolute Gasteiger partial charge is 0.399 e. The molecule has 0 aliphatic carbocycles. The Hall–Kier alpha value is -1.43. The van der Waals surface area contributed by atoms with Crippen molar-refractivity contribution in [3.8, 4) is 0 Å². The molecular weight excluding hydrogens is 278 g/mol. The van der Waals surface area contributed by atoms with Crippen molar-refractivity contribution in [2.45, 2.75) is 25.8 Å². The van der Waals surface area contributed by atoms with Gasteiger partial charge in [0.05, 0.1) is 19.3 Å². The Morgan fingerprint density at radius 3 is 2.64 bits per heavy atom. The van der Waals surface area contributed by atoms with Crippen LogP contribution in [0.4, 0.5) is 5.69 Å². The second-order valence-corrected chi connectivity index (χ2v) is 5.71. The first kappa shape index (κ1) is 16.9. The molecule has 1 aliphatic rings. The van der Waals surface area contributed by atoms with Gasteiger partial charge in [-0.1, -0.05) is 6.92 Å². The van der Waals surface area contributed by atoms with E-state index in [0.717, 1.165) is 57.8 Å². The number of rotatable bonds is 8. The number of morpholine rings is 1. The normalized spacial score (nSPS) is 17.3. The van der Waals surface area contributed by atoms with Gasteiger partial charge in [-0.05, 0) is 50.2 Å². The number of hydrogen-bond acceptors (Lipinski definition) is 5. The Labute approximate surface area is 132 Å². The second kappa shape index (κ2) is 8.88. The number of anilines is 1. The first-order valence-electron chi connectivity index (χ1n) is 8.14. The molecule has 5 nitrogen and oxygen atoms in total. The molecule has 1 saturated heterocycles. The third-order valence-corrected chi connectivity index (χ3v) is 4.07. The lowest BCUT2D eigenvalue weighted by molar-refractivity contribution is 0.0374. The SMILES string of the molecule is CCC(NCCCN1CCOCC1)C(=O)c1ccc(N)cc1. The summed E-state index contributed by atoms with van der Waals surface area (Å²) in [7, 11) is 0. The number of benzene rings is 1. The van der Waals surface area contributed by atoms with Crippen LogP contribution in [0.2, 0.25) is 0 Å². The van der Waals surface area contributed by atoms with E-state index in [-0.39, 0.29) is 11.8 Å². The van der Waals surface area contributed by atoms with Gasteiger partial charge in [-0.2, -0.15) is 0 Å². The highest BCUT2D eigenvalue weighted by atomic mass is 16.5. The summed E-state index contributed by atoms with van der Waals surface area (Å²) in [6, 6.07) is 7.04. The molecule has 1 heterocycles. The van der Waals surface area contributed by atoms with Crippen LogP contribution in [0.15, 0.2) is 24.3 Å². The number of nitrogens with two attached hydrogens (primary N) is 1. The summed E-state index contributed by atoms with van der Waals surface area (Å²) in [5, 5.41) is 3.38. The number of carbonyl (C=O) groups is 1. The number of Topliss-reactive ketones (excluding diaryl/α,β-unsaturated/α-hetero) is 1. The van der Waals surface area contributed by atoms with E-state index in [1.807, 2.05) is 6.92 Å². The van der Waals surface area contributed by atoms with E-state index in [2.05, 4.69) is 10.2 Å². The topological polar surface area (TPSA) is 67.6 Å². The minimum atomic E-state index is -0.117. The molecule has 1 unspecified atom stereocenters. The van der Waals surface area contributed by atoms with Crippen LogP contribution in [-0.4, -0.2) is 56.1 Å². The average Bonchev–Trinajstić information content (AvgIpc) is 2.56. The maximum Gasteiger partial charge on any atom is 0.179 e. The molecule has 122 valence electrons. The fourth-order valence-corrected chi connectivity index (χ4v) is 2.67. The van der Waals surface area contributed by atoms with Crippen molar-refractivity contribution in [3.63, 3.8) is 0 Å². The van der Waals surface area contributed by atoms with Crippen LogP contribution in [0.25, 0.3) is 0 Å². The Bertz CT molecular complexity index is 455. The Morgan fingerprint density at radius 1 is 1.32 bits per heavy atom. The number of ether oxygens (including phenoxy) is 1. The van der Waals surface area contributed by atoms with Gasteiger partial charge in [0.15, 0.2) is 5.78 Å². The quantitative estimate of drug-likeness (QED) is 0.433. The lowest BCUT2D eigenvalue weighted by atomic mass is 10.0. The van der Waals surface area contributed by atoms with Gasteiger partial charge < -0.3 is 15.8 Å². The highest BCUT2D eigenvalue weighted by Gasteiger charge is 2.17. The summed E-state index contributed by atoms with van der Waals surface area (Å²) < 4.78 is 5.34. The maximum atomic E-state index is 12.5. The van der Waals surface area contributed by atoms with Crippen molar-refractivity contribution in [2.75, 3.05) is 45.1 Å². The van der Waals surface area contributed by atoms with Crippen LogP contribution in [-0.2, 0) is 4.74 Å². The molecule has 1 aromatic carbocycles. The fraction of sp³-hybridized carbons (Fsp3) is 0.588. The molecule has 0 bridgehead atoms. The monoisotopic (exact) mass is 305 g/mol. The lowest BCUT2D eigenvalue weighted by Crippen LogP contribution is -2.40. The molecule has 0 radical (unpaired) electrons. The Balaban J connectivity index is 1.74. The molecule has 0 amide bonds. The van der Waals surface area contributed by atoms with E-state index in [9.17, 15) is 4.79 Å². The zero-order chi connectivity index (χ0) is 15.8. The van der Waals surface area contributed by atoms with Crippen molar-refractivity contribution in [3.05, 3.63) is 29.8 Å². The van der Waals surface area contributed by atoms with Crippen LogP contribution in [0.5, 0.6) is 0 Å². The predicted octanol–water partition coefficient (Wildman–Crippen LogP) is 1.54. The molecule has 1 atom stereocenters. The van der Waals surface area contributed by atoms with Crippen LogP contribution in [0.1, 0.15) is 30.1 Å². The molecule has 3 N–H and O–H groups in total. The Morgan fingerprint density at radius 2 is 2.00 bits per heavy atom. The van der Waals surface area contributed by atoms with Gasteiger partial charge in [0, 0.05) is 24.3 Å². The summed E-state index contributed by atoms with van der Waals surface area (Å²) >= 11 is 0. The third kappa shape index (κ3) is 5.09. The summed E-state index contributed by atoms with van der Waals surface area (Å²) in [6.07, 6.45) is 1.84. The smallest absolute Gasteiger partial charge is 0.179 e. The molecule has 22 heavy (non-hydrogen) atoms. The molecule has 0 aromatic heterocycles. The van der Waals surface area contributed by atoms with Gasteiger partial charge in [0.25, 0.3) is 0 Å². The number of nitrogen functional groups attached to an aromatic ring is 1. The van der Waals surface area contributed by atoms with Crippen molar-refractivity contribution < 1.29 is 9.53 Å². The number of nitrogens with zero attached hydrogens (tertiary/aromatic N) is 1. The minimum absolute atomic E-state index is 0.117. The van der Waals surface area contributed by atoms with Crippen LogP contribution in [0.3, 0.4) is 0 Å². The van der Waals surface area contributed by atoms with Gasteiger partial charge in [0.1, 0.15) is 0 Å². The lowest BCUT2D eigenvalue weighted by Gasteiger charge is -2.26. The zero-order valence-corrected chi connectivity index (χ0v) is 13.4. The number of nitrogens with one attached hydrogen (secondary N) is 1.